The molecule has 5 heteroatoms. The molecule has 1 amide bonds. The molecule has 0 saturated carbocycles. The number of aliphatic hydroxyl groups is 3. The van der Waals surface area contributed by atoms with Gasteiger partial charge in [0.05, 0.1) is 18.8 Å². The van der Waals surface area contributed by atoms with Gasteiger partial charge in [0.1, 0.15) is 6.10 Å². The third-order valence-electron chi connectivity index (χ3n) is 13.7. The summed E-state index contributed by atoms with van der Waals surface area (Å²) in [5.41, 5.74) is 0. The van der Waals surface area contributed by atoms with Crippen LogP contribution in [0.15, 0.2) is 0 Å². The molecule has 0 aliphatic rings. The average molecular weight is 865 g/mol. The summed E-state index contributed by atoms with van der Waals surface area (Å²) in [5.74, 6) is -0.137. The minimum absolute atomic E-state index is 0.137. The molecule has 0 radical (unpaired) electrons. The van der Waals surface area contributed by atoms with Crippen LogP contribution in [0.2, 0.25) is 0 Å². The molecule has 0 aromatic rings. The molecule has 366 valence electrons. The van der Waals surface area contributed by atoms with Crippen molar-refractivity contribution in [3.05, 3.63) is 0 Å². The number of carbonyl (C=O) groups excluding carboxylic acids is 1. The second kappa shape index (κ2) is 52.0. The van der Waals surface area contributed by atoms with Gasteiger partial charge in [-0.05, 0) is 12.8 Å². The first kappa shape index (κ1) is 60.4. The summed E-state index contributed by atoms with van der Waals surface area (Å²) in [5, 5.41) is 33.7. The zero-order valence-corrected chi connectivity index (χ0v) is 41.8. The Balaban J connectivity index is 3.41. The van der Waals surface area contributed by atoms with Gasteiger partial charge in [0.15, 0.2) is 0 Å². The second-order valence-electron chi connectivity index (χ2n) is 19.9. The molecule has 0 saturated heterocycles. The lowest BCUT2D eigenvalue weighted by molar-refractivity contribution is -0.124. The van der Waals surface area contributed by atoms with Crippen molar-refractivity contribution in [1.82, 2.24) is 5.32 Å². The third-order valence-corrected chi connectivity index (χ3v) is 13.7. The van der Waals surface area contributed by atoms with Gasteiger partial charge in [-0.25, -0.2) is 0 Å². The van der Waals surface area contributed by atoms with Crippen LogP contribution in [0.5, 0.6) is 0 Å². The monoisotopic (exact) mass is 864 g/mol. The van der Waals surface area contributed by atoms with E-state index in [-0.39, 0.29) is 12.5 Å². The van der Waals surface area contributed by atoms with Crippen molar-refractivity contribution >= 4 is 5.91 Å². The number of aliphatic hydroxyl groups excluding tert-OH is 3. The van der Waals surface area contributed by atoms with Gasteiger partial charge in [0.2, 0.25) is 5.91 Å². The Hall–Kier alpha value is -0.650. The van der Waals surface area contributed by atoms with Crippen molar-refractivity contribution in [1.29, 1.82) is 0 Å². The van der Waals surface area contributed by atoms with Crippen molar-refractivity contribution in [3.63, 3.8) is 0 Å². The molecule has 0 aromatic heterocycles. The van der Waals surface area contributed by atoms with E-state index in [1.807, 2.05) is 0 Å². The van der Waals surface area contributed by atoms with Crippen LogP contribution >= 0.6 is 0 Å². The summed E-state index contributed by atoms with van der Waals surface area (Å²) < 4.78 is 0. The third kappa shape index (κ3) is 47.1. The molecular formula is C56H113NO4. The molecule has 0 rings (SSSR count). The van der Waals surface area contributed by atoms with E-state index in [0.717, 1.165) is 32.1 Å². The molecule has 0 aliphatic carbocycles. The Labute approximate surface area is 383 Å². The standard InChI is InChI=1S/C56H113NO4/c1-3-5-7-9-11-13-15-17-18-19-20-21-22-23-24-25-26-27-28-29-30-31-32-33-34-35-36-37-39-41-43-45-47-49-51-55(60)57-53(52-58)56(61)54(59)50-48-46-44-42-40-38-16-14-12-10-8-6-4-2/h53-54,56,58-59,61H,3-52H2,1-2H3,(H,57,60)/t53-,54+,56-/m0/s1. The maximum absolute atomic E-state index is 12.5. The maximum Gasteiger partial charge on any atom is 0.220 e. The lowest BCUT2D eigenvalue weighted by atomic mass is 9.99. The fourth-order valence-corrected chi connectivity index (χ4v) is 9.34. The fraction of sp³-hybridized carbons (Fsp3) is 0.982. The number of nitrogens with one attached hydrogen (secondary N) is 1. The molecule has 0 bridgehead atoms. The Bertz CT molecular complexity index is 822. The lowest BCUT2D eigenvalue weighted by Crippen LogP contribution is -2.50. The van der Waals surface area contributed by atoms with E-state index in [0.29, 0.717) is 12.8 Å². The topological polar surface area (TPSA) is 89.8 Å². The number of carbonyl (C=O) groups is 1. The Morgan fingerprint density at radius 1 is 0.344 bits per heavy atom. The van der Waals surface area contributed by atoms with Crippen LogP contribution in [0, 0.1) is 0 Å². The van der Waals surface area contributed by atoms with Gasteiger partial charge in [-0.1, -0.05) is 309 Å². The van der Waals surface area contributed by atoms with Gasteiger partial charge in [0, 0.05) is 6.42 Å². The summed E-state index contributed by atoms with van der Waals surface area (Å²) in [6.07, 6.45) is 62.8. The Morgan fingerprint density at radius 3 is 0.787 bits per heavy atom. The first-order valence-corrected chi connectivity index (χ1v) is 28.3. The molecule has 4 N–H and O–H groups in total. The normalized spacial score (nSPS) is 13.2. The average Bonchev–Trinajstić information content (AvgIpc) is 3.26. The van der Waals surface area contributed by atoms with E-state index in [9.17, 15) is 20.1 Å². The predicted octanol–water partition coefficient (Wildman–Crippen LogP) is 17.3. The molecular weight excluding hydrogens is 751 g/mol. The zero-order chi connectivity index (χ0) is 44.4. The van der Waals surface area contributed by atoms with Crippen LogP contribution < -0.4 is 5.32 Å². The highest BCUT2D eigenvalue weighted by molar-refractivity contribution is 5.76. The minimum atomic E-state index is -1.13. The summed E-state index contributed by atoms with van der Waals surface area (Å²) in [7, 11) is 0. The van der Waals surface area contributed by atoms with Gasteiger partial charge in [-0.2, -0.15) is 0 Å². The van der Waals surface area contributed by atoms with Gasteiger partial charge in [-0.3, -0.25) is 4.79 Å². The number of hydrogen-bond donors (Lipinski definition) is 4. The highest BCUT2D eigenvalue weighted by Gasteiger charge is 2.26. The number of unbranched alkanes of at least 4 members (excludes halogenated alkanes) is 45. The first-order chi connectivity index (χ1) is 30.1. The number of rotatable bonds is 53. The van der Waals surface area contributed by atoms with Crippen molar-refractivity contribution in [3.8, 4) is 0 Å². The van der Waals surface area contributed by atoms with Crippen molar-refractivity contribution < 1.29 is 20.1 Å². The maximum atomic E-state index is 12.5. The highest BCUT2D eigenvalue weighted by atomic mass is 16.3. The molecule has 0 unspecified atom stereocenters. The van der Waals surface area contributed by atoms with Gasteiger partial charge in [0.25, 0.3) is 0 Å². The minimum Gasteiger partial charge on any atom is -0.394 e. The summed E-state index contributed by atoms with van der Waals surface area (Å²) >= 11 is 0. The van der Waals surface area contributed by atoms with E-state index in [2.05, 4.69) is 19.2 Å². The SMILES string of the molecule is CCCCCCCCCCCCCCCCCCCCCCCCCCCCCCCCCCCCC(=O)N[C@@H](CO)[C@H](O)[C@H](O)CCCCCCCCCCCCCCC. The lowest BCUT2D eigenvalue weighted by Gasteiger charge is -2.26. The summed E-state index contributed by atoms with van der Waals surface area (Å²) in [6.45, 7) is 4.21. The molecule has 0 aromatic carbocycles. The van der Waals surface area contributed by atoms with Crippen LogP contribution in [0.4, 0.5) is 0 Å². The molecule has 3 atom stereocenters. The number of amides is 1. The van der Waals surface area contributed by atoms with Crippen molar-refractivity contribution in [2.45, 2.75) is 347 Å². The Kier molecular flexibility index (Phi) is 51.4. The molecule has 5 nitrogen and oxygen atoms in total. The second-order valence-corrected chi connectivity index (χ2v) is 19.9. The molecule has 0 fully saturated rings. The smallest absolute Gasteiger partial charge is 0.220 e. The van der Waals surface area contributed by atoms with E-state index < -0.39 is 18.2 Å². The molecule has 0 heterocycles. The summed E-state index contributed by atoms with van der Waals surface area (Å²) in [6, 6.07) is -0.803. The van der Waals surface area contributed by atoms with Crippen LogP contribution in [0.25, 0.3) is 0 Å². The fourth-order valence-electron chi connectivity index (χ4n) is 9.34. The van der Waals surface area contributed by atoms with Gasteiger partial charge < -0.3 is 20.6 Å². The van der Waals surface area contributed by atoms with E-state index >= 15 is 0 Å². The van der Waals surface area contributed by atoms with E-state index in [4.69, 9.17) is 0 Å². The Morgan fingerprint density at radius 2 is 0.557 bits per heavy atom. The van der Waals surface area contributed by atoms with Crippen LogP contribution in [-0.4, -0.2) is 46.1 Å². The predicted molar refractivity (Wildman–Crippen MR) is 269 cm³/mol. The van der Waals surface area contributed by atoms with Gasteiger partial charge in [-0.15, -0.1) is 0 Å². The molecule has 0 aliphatic heterocycles. The van der Waals surface area contributed by atoms with Crippen LogP contribution in [0.1, 0.15) is 328 Å². The van der Waals surface area contributed by atoms with Crippen LogP contribution in [-0.2, 0) is 4.79 Å². The van der Waals surface area contributed by atoms with Crippen LogP contribution in [0.3, 0.4) is 0 Å². The van der Waals surface area contributed by atoms with E-state index in [1.165, 1.54) is 270 Å². The van der Waals surface area contributed by atoms with Crippen molar-refractivity contribution in [2.24, 2.45) is 0 Å². The van der Waals surface area contributed by atoms with Crippen molar-refractivity contribution in [2.75, 3.05) is 6.61 Å². The highest BCUT2D eigenvalue weighted by Crippen LogP contribution is 2.19. The summed E-state index contributed by atoms with van der Waals surface area (Å²) in [4.78, 5) is 12.5. The quantitative estimate of drug-likeness (QED) is 0.0459. The van der Waals surface area contributed by atoms with E-state index in [1.54, 1.807) is 0 Å². The van der Waals surface area contributed by atoms with Gasteiger partial charge >= 0.3 is 0 Å². The largest absolute Gasteiger partial charge is 0.394 e. The first-order valence-electron chi connectivity index (χ1n) is 28.3. The molecule has 61 heavy (non-hydrogen) atoms. The number of hydrogen-bond acceptors (Lipinski definition) is 4. The zero-order valence-electron chi connectivity index (χ0n) is 41.8. The molecule has 0 spiro atoms.